The minimum Gasteiger partial charge on any atom is -0.399 e. The molecule has 0 spiro atoms. The van der Waals surface area contributed by atoms with Crippen LogP contribution in [-0.2, 0) is 11.0 Å². The van der Waals surface area contributed by atoms with E-state index in [1.54, 1.807) is 12.1 Å². The molecule has 1 aromatic carbocycles. The minimum atomic E-state index is -1.59. The van der Waals surface area contributed by atoms with Crippen LogP contribution in [0.25, 0.3) is 0 Å². The quantitative estimate of drug-likeness (QED) is 0.475. The number of nitrogen functional groups attached to an aromatic ring is 1. The van der Waals surface area contributed by atoms with E-state index >= 15 is 0 Å². The maximum absolute atomic E-state index is 11.8. The lowest BCUT2D eigenvalue weighted by Gasteiger charge is -2.23. The minimum absolute atomic E-state index is 0.0654. The Morgan fingerprint density at radius 2 is 1.82 bits per heavy atom. The first-order chi connectivity index (χ1) is 7.78. The lowest BCUT2D eigenvalue weighted by molar-refractivity contribution is -0.861. The molecule has 0 heterocycles. The maximum atomic E-state index is 11.8. The number of carbonyl (C=O) groups is 1. The SMILES string of the molecule is C[N+](C)(C)CC(=O)P(O)Cc1ccc(N)cc1. The van der Waals surface area contributed by atoms with E-state index in [0.29, 0.717) is 22.9 Å². The van der Waals surface area contributed by atoms with E-state index in [4.69, 9.17) is 5.73 Å². The summed E-state index contributed by atoms with van der Waals surface area (Å²) in [5.74, 6) is 0. The molecule has 1 rings (SSSR count). The first-order valence-corrected chi connectivity index (χ1v) is 6.90. The molecule has 0 aromatic heterocycles. The van der Waals surface area contributed by atoms with Gasteiger partial charge < -0.3 is 15.1 Å². The largest absolute Gasteiger partial charge is 0.399 e. The second-order valence-corrected chi connectivity index (χ2v) is 6.76. The molecule has 5 heteroatoms. The van der Waals surface area contributed by atoms with Gasteiger partial charge in [-0.2, -0.15) is 0 Å². The number of hydrogen-bond acceptors (Lipinski definition) is 3. The van der Waals surface area contributed by atoms with Crippen LogP contribution in [0.15, 0.2) is 24.3 Å². The Morgan fingerprint density at radius 1 is 1.29 bits per heavy atom. The van der Waals surface area contributed by atoms with Gasteiger partial charge in [0.1, 0.15) is 14.7 Å². The van der Waals surface area contributed by atoms with E-state index in [1.807, 2.05) is 33.3 Å². The molecule has 0 aliphatic carbocycles. The molecule has 17 heavy (non-hydrogen) atoms. The zero-order valence-electron chi connectivity index (χ0n) is 10.6. The predicted molar refractivity (Wildman–Crippen MR) is 71.6 cm³/mol. The van der Waals surface area contributed by atoms with Crippen molar-refractivity contribution in [2.45, 2.75) is 6.16 Å². The molecule has 0 saturated carbocycles. The summed E-state index contributed by atoms with van der Waals surface area (Å²) in [7, 11) is 4.22. The summed E-state index contributed by atoms with van der Waals surface area (Å²) in [6, 6.07) is 7.26. The van der Waals surface area contributed by atoms with Gasteiger partial charge in [-0.15, -0.1) is 0 Å². The normalized spacial score (nSPS) is 13.4. The van der Waals surface area contributed by atoms with Crippen LogP contribution in [0.1, 0.15) is 5.56 Å². The van der Waals surface area contributed by atoms with Crippen molar-refractivity contribution in [3.05, 3.63) is 29.8 Å². The second-order valence-electron chi connectivity index (χ2n) is 5.14. The van der Waals surface area contributed by atoms with Gasteiger partial charge in [-0.05, 0) is 17.7 Å². The molecule has 1 atom stereocenters. The zero-order valence-corrected chi connectivity index (χ0v) is 11.4. The first kappa shape index (κ1) is 14.1. The molecule has 0 bridgehead atoms. The number of hydrogen-bond donors (Lipinski definition) is 2. The van der Waals surface area contributed by atoms with Gasteiger partial charge in [0.05, 0.1) is 21.1 Å². The second kappa shape index (κ2) is 5.58. The van der Waals surface area contributed by atoms with Crippen molar-refractivity contribution in [2.75, 3.05) is 33.4 Å². The molecule has 0 fully saturated rings. The molecule has 4 nitrogen and oxygen atoms in total. The Labute approximate surface area is 103 Å². The highest BCUT2D eigenvalue weighted by atomic mass is 31.1. The number of nitrogens with two attached hydrogens (primary N) is 1. The summed E-state index contributed by atoms with van der Waals surface area (Å²) in [5, 5.41) is 0. The van der Waals surface area contributed by atoms with Crippen LogP contribution in [-0.4, -0.2) is 42.6 Å². The van der Waals surface area contributed by atoms with Crippen molar-refractivity contribution in [1.29, 1.82) is 0 Å². The van der Waals surface area contributed by atoms with E-state index in [2.05, 4.69) is 0 Å². The van der Waals surface area contributed by atoms with Gasteiger partial charge in [-0.25, -0.2) is 0 Å². The van der Waals surface area contributed by atoms with Crippen LogP contribution < -0.4 is 5.73 Å². The highest BCUT2D eigenvalue weighted by molar-refractivity contribution is 7.69. The topological polar surface area (TPSA) is 63.3 Å². The fourth-order valence-electron chi connectivity index (χ4n) is 1.37. The molecule has 0 radical (unpaired) electrons. The Bertz CT molecular complexity index is 384. The van der Waals surface area contributed by atoms with Crippen molar-refractivity contribution in [3.63, 3.8) is 0 Å². The van der Waals surface area contributed by atoms with E-state index in [0.717, 1.165) is 5.56 Å². The average molecular weight is 255 g/mol. The van der Waals surface area contributed by atoms with Gasteiger partial charge in [0.15, 0.2) is 0 Å². The first-order valence-electron chi connectivity index (χ1n) is 5.42. The highest BCUT2D eigenvalue weighted by Gasteiger charge is 2.22. The molecule has 3 N–H and O–H groups in total. The number of benzene rings is 1. The summed E-state index contributed by atoms with van der Waals surface area (Å²) < 4.78 is 0.542. The van der Waals surface area contributed by atoms with Crippen molar-refractivity contribution in [2.24, 2.45) is 0 Å². The lowest BCUT2D eigenvalue weighted by atomic mass is 10.2. The Balaban J connectivity index is 2.57. The molecular weight excluding hydrogens is 235 g/mol. The van der Waals surface area contributed by atoms with E-state index in [1.165, 1.54) is 0 Å². The predicted octanol–water partition coefficient (Wildman–Crippen LogP) is 1.39. The Hall–Kier alpha value is -0.960. The summed E-state index contributed by atoms with van der Waals surface area (Å²) in [6.45, 7) is 0.358. The highest BCUT2D eigenvalue weighted by Crippen LogP contribution is 2.36. The molecular formula is C12H20N2O2P+. The fraction of sp³-hybridized carbons (Fsp3) is 0.417. The summed E-state index contributed by atoms with van der Waals surface area (Å²) in [4.78, 5) is 21.6. The van der Waals surface area contributed by atoms with Crippen molar-refractivity contribution >= 4 is 19.4 Å². The molecule has 94 valence electrons. The lowest BCUT2D eigenvalue weighted by Crippen LogP contribution is -2.39. The van der Waals surface area contributed by atoms with E-state index in [9.17, 15) is 9.69 Å². The van der Waals surface area contributed by atoms with Gasteiger partial charge in [-0.3, -0.25) is 4.79 Å². The molecule has 0 aliphatic heterocycles. The van der Waals surface area contributed by atoms with Crippen molar-refractivity contribution in [3.8, 4) is 0 Å². The van der Waals surface area contributed by atoms with E-state index in [-0.39, 0.29) is 5.52 Å². The van der Waals surface area contributed by atoms with Gasteiger partial charge in [-0.1, -0.05) is 12.1 Å². The maximum Gasteiger partial charge on any atom is 0.235 e. The summed E-state index contributed by atoms with van der Waals surface area (Å²) in [5.41, 5.74) is 7.14. The summed E-state index contributed by atoms with van der Waals surface area (Å²) in [6.07, 6.45) is 0.411. The third kappa shape index (κ3) is 5.26. The Kier molecular flexibility index (Phi) is 4.63. The van der Waals surface area contributed by atoms with Gasteiger partial charge in [0, 0.05) is 11.8 Å². The van der Waals surface area contributed by atoms with Crippen molar-refractivity contribution < 1.29 is 14.2 Å². The molecule has 1 aromatic rings. The van der Waals surface area contributed by atoms with Crippen LogP contribution in [0.5, 0.6) is 0 Å². The third-order valence-electron chi connectivity index (χ3n) is 2.21. The number of nitrogens with zero attached hydrogens (tertiary/aromatic N) is 1. The van der Waals surface area contributed by atoms with Gasteiger partial charge >= 0.3 is 0 Å². The van der Waals surface area contributed by atoms with Crippen LogP contribution in [0.3, 0.4) is 0 Å². The molecule has 0 amide bonds. The Morgan fingerprint density at radius 3 is 2.29 bits per heavy atom. The number of quaternary nitrogens is 1. The molecule has 1 unspecified atom stereocenters. The number of likely N-dealkylation sites (N-methyl/N-ethyl adjacent to an activating group) is 1. The smallest absolute Gasteiger partial charge is 0.235 e. The number of rotatable bonds is 5. The zero-order chi connectivity index (χ0) is 13.1. The van der Waals surface area contributed by atoms with Crippen LogP contribution in [0.2, 0.25) is 0 Å². The standard InChI is InChI=1S/C12H20N2O2P/c1-14(2,3)8-12(15)17(16)9-10-4-6-11(13)7-5-10/h4-7,16H,8-9,13H2,1-3H3/q+1. The van der Waals surface area contributed by atoms with Crippen LogP contribution >= 0.6 is 8.15 Å². The van der Waals surface area contributed by atoms with Gasteiger partial charge in [0.25, 0.3) is 0 Å². The van der Waals surface area contributed by atoms with E-state index < -0.39 is 8.15 Å². The van der Waals surface area contributed by atoms with Crippen LogP contribution in [0.4, 0.5) is 5.69 Å². The molecule has 0 aliphatic rings. The summed E-state index contributed by atoms with van der Waals surface area (Å²) >= 11 is 0. The van der Waals surface area contributed by atoms with Gasteiger partial charge in [0.2, 0.25) is 5.52 Å². The monoisotopic (exact) mass is 255 g/mol. The van der Waals surface area contributed by atoms with Crippen molar-refractivity contribution in [1.82, 2.24) is 0 Å². The van der Waals surface area contributed by atoms with Crippen LogP contribution in [0, 0.1) is 0 Å². The average Bonchev–Trinajstić information content (AvgIpc) is 2.19. The molecule has 0 saturated heterocycles. The third-order valence-corrected chi connectivity index (χ3v) is 3.59. The fourth-order valence-corrected chi connectivity index (χ4v) is 2.69. The number of carbonyl (C=O) groups excluding carboxylic acids is 1. The number of anilines is 1.